The van der Waals surface area contributed by atoms with E-state index in [0.29, 0.717) is 34.6 Å². The van der Waals surface area contributed by atoms with E-state index < -0.39 is 11.8 Å². The van der Waals surface area contributed by atoms with Gasteiger partial charge in [-0.15, -0.1) is 5.10 Å². The Labute approximate surface area is 233 Å². The van der Waals surface area contributed by atoms with Gasteiger partial charge in [-0.1, -0.05) is 0 Å². The minimum atomic E-state index is -1.13. The molecule has 0 saturated heterocycles. The topological polar surface area (TPSA) is 149 Å². The van der Waals surface area contributed by atoms with Crippen LogP contribution >= 0.6 is 0 Å². The Balaban J connectivity index is 1.08. The number of aliphatic hydroxyl groups is 2. The predicted octanol–water partition coefficient (Wildman–Crippen LogP) is 3.04. The monoisotopic (exact) mass is 552 g/mol. The van der Waals surface area contributed by atoms with E-state index in [9.17, 15) is 15.0 Å². The number of pyridine rings is 1. The summed E-state index contributed by atoms with van der Waals surface area (Å²) in [4.78, 5) is 13.3. The van der Waals surface area contributed by atoms with Crippen molar-refractivity contribution in [2.45, 2.75) is 102 Å². The number of carbonyl (C=O) groups is 1. The molecular weight excluding hydrogens is 512 g/mol. The molecule has 0 bridgehead atoms. The zero-order chi connectivity index (χ0) is 28.0. The van der Waals surface area contributed by atoms with Gasteiger partial charge in [0.1, 0.15) is 24.7 Å². The number of carbonyl (C=O) groups excluding carboxylic acids is 1. The first-order valence-corrected chi connectivity index (χ1v) is 14.5. The minimum absolute atomic E-state index is 0.0339. The highest BCUT2D eigenvalue weighted by molar-refractivity contribution is 6.00. The minimum Gasteiger partial charge on any atom is -0.489 e. The zero-order valence-electron chi connectivity index (χ0n) is 23.3. The highest BCUT2D eigenvalue weighted by Crippen LogP contribution is 2.44. The summed E-state index contributed by atoms with van der Waals surface area (Å²) in [6.07, 6.45) is 9.86. The first-order valence-electron chi connectivity index (χ1n) is 14.5. The van der Waals surface area contributed by atoms with Crippen LogP contribution in [0.25, 0.3) is 5.52 Å². The van der Waals surface area contributed by atoms with Crippen LogP contribution < -0.4 is 20.5 Å². The lowest BCUT2D eigenvalue weighted by Crippen LogP contribution is -2.39. The number of rotatable bonds is 11. The molecule has 3 aromatic heterocycles. The molecule has 0 aliphatic heterocycles. The molecule has 0 radical (unpaired) electrons. The maximum atomic E-state index is 13.3. The van der Waals surface area contributed by atoms with E-state index in [4.69, 9.17) is 15.2 Å². The van der Waals surface area contributed by atoms with Gasteiger partial charge in [0.25, 0.3) is 5.91 Å². The molecule has 5 N–H and O–H groups in total. The molecule has 11 heteroatoms. The van der Waals surface area contributed by atoms with Crippen LogP contribution in [0.2, 0.25) is 0 Å². The second-order valence-electron chi connectivity index (χ2n) is 12.4. The van der Waals surface area contributed by atoms with E-state index in [-0.39, 0.29) is 24.7 Å². The maximum Gasteiger partial charge on any atom is 0.255 e. The Morgan fingerprint density at radius 2 is 1.93 bits per heavy atom. The SMILES string of the molecule is CC(C)(O)COc1ccc2c(C(=O)NC3CCC(Oc4nn(CC5CC5)cc4C(N)O)CC3)cnn2c1C1CC1. The Morgan fingerprint density at radius 1 is 1.18 bits per heavy atom. The molecule has 3 saturated carbocycles. The van der Waals surface area contributed by atoms with E-state index in [0.717, 1.165) is 56.3 Å². The summed E-state index contributed by atoms with van der Waals surface area (Å²) >= 11 is 0. The van der Waals surface area contributed by atoms with Crippen molar-refractivity contribution in [1.29, 1.82) is 0 Å². The van der Waals surface area contributed by atoms with Crippen LogP contribution in [0.4, 0.5) is 0 Å². The molecule has 3 heterocycles. The van der Waals surface area contributed by atoms with Crippen LogP contribution in [0.1, 0.15) is 99.0 Å². The number of aromatic nitrogens is 4. The number of hydrogen-bond donors (Lipinski definition) is 4. The Bertz CT molecular complexity index is 1360. The van der Waals surface area contributed by atoms with E-state index in [1.54, 1.807) is 26.2 Å². The quantitative estimate of drug-likeness (QED) is 0.265. The van der Waals surface area contributed by atoms with Gasteiger partial charge in [0.15, 0.2) is 0 Å². The standard InChI is InChI=1S/C29H40N6O5/c1-29(2,38)16-39-24-12-11-23-21(13-31-35(23)25(24)18-5-6-18)27(37)32-19-7-9-20(10-8-19)40-28-22(26(30)36)15-34(33-28)14-17-3-4-17/h11-13,15,17-20,26,36,38H,3-10,14,16,30H2,1-2H3,(H,32,37). The van der Waals surface area contributed by atoms with Gasteiger partial charge in [0, 0.05) is 24.7 Å². The van der Waals surface area contributed by atoms with Crippen molar-refractivity contribution in [3.8, 4) is 11.6 Å². The summed E-state index contributed by atoms with van der Waals surface area (Å²) in [5, 5.41) is 32.4. The van der Waals surface area contributed by atoms with Crippen LogP contribution in [0, 0.1) is 5.92 Å². The number of amides is 1. The molecule has 40 heavy (non-hydrogen) atoms. The second kappa shape index (κ2) is 10.7. The van der Waals surface area contributed by atoms with Gasteiger partial charge in [-0.3, -0.25) is 9.48 Å². The molecule has 3 aliphatic rings. The van der Waals surface area contributed by atoms with Crippen LogP contribution in [-0.4, -0.2) is 59.9 Å². The van der Waals surface area contributed by atoms with Crippen LogP contribution in [0.5, 0.6) is 11.6 Å². The smallest absolute Gasteiger partial charge is 0.255 e. The van der Waals surface area contributed by atoms with E-state index in [1.165, 1.54) is 12.8 Å². The molecule has 3 aliphatic carbocycles. The third kappa shape index (κ3) is 6.11. The van der Waals surface area contributed by atoms with Crippen molar-refractivity contribution in [2.75, 3.05) is 6.61 Å². The van der Waals surface area contributed by atoms with Crippen molar-refractivity contribution < 1.29 is 24.5 Å². The number of nitrogens with one attached hydrogen (secondary N) is 1. The number of nitrogens with zero attached hydrogens (tertiary/aromatic N) is 4. The largest absolute Gasteiger partial charge is 0.489 e. The number of nitrogens with two attached hydrogens (primary N) is 1. The highest BCUT2D eigenvalue weighted by Gasteiger charge is 2.32. The van der Waals surface area contributed by atoms with Gasteiger partial charge in [-0.25, -0.2) is 4.52 Å². The predicted molar refractivity (Wildman–Crippen MR) is 147 cm³/mol. The van der Waals surface area contributed by atoms with Gasteiger partial charge < -0.3 is 30.7 Å². The lowest BCUT2D eigenvalue weighted by molar-refractivity contribution is 0.0279. The molecule has 3 fully saturated rings. The van der Waals surface area contributed by atoms with Crippen LogP contribution in [-0.2, 0) is 6.54 Å². The van der Waals surface area contributed by atoms with Crippen molar-refractivity contribution >= 4 is 11.4 Å². The maximum absolute atomic E-state index is 13.3. The van der Waals surface area contributed by atoms with Crippen molar-refractivity contribution in [2.24, 2.45) is 11.7 Å². The van der Waals surface area contributed by atoms with Gasteiger partial charge >= 0.3 is 0 Å². The van der Waals surface area contributed by atoms with Gasteiger partial charge in [0.05, 0.1) is 34.1 Å². The molecule has 1 amide bonds. The number of ether oxygens (including phenoxy) is 2. The molecule has 0 aromatic carbocycles. The zero-order valence-corrected chi connectivity index (χ0v) is 23.3. The molecular formula is C29H40N6O5. The summed E-state index contributed by atoms with van der Waals surface area (Å²) in [7, 11) is 0. The first-order chi connectivity index (χ1) is 19.1. The summed E-state index contributed by atoms with van der Waals surface area (Å²) < 4.78 is 15.8. The highest BCUT2D eigenvalue weighted by atomic mass is 16.5. The van der Waals surface area contributed by atoms with Crippen molar-refractivity contribution in [1.82, 2.24) is 24.7 Å². The molecule has 1 unspecified atom stereocenters. The molecule has 6 rings (SSSR count). The fourth-order valence-electron chi connectivity index (χ4n) is 5.45. The lowest BCUT2D eigenvalue weighted by atomic mass is 9.92. The molecule has 0 spiro atoms. The van der Waals surface area contributed by atoms with E-state index in [1.807, 2.05) is 21.3 Å². The number of fused-ring (bicyclic) bond motifs is 1. The summed E-state index contributed by atoms with van der Waals surface area (Å²) in [5.41, 5.74) is 7.58. The number of hydrogen-bond acceptors (Lipinski definition) is 8. The first kappa shape index (κ1) is 27.0. The van der Waals surface area contributed by atoms with Gasteiger partial charge in [-0.05, 0) is 83.3 Å². The third-order valence-corrected chi connectivity index (χ3v) is 7.97. The van der Waals surface area contributed by atoms with Crippen LogP contribution in [0.15, 0.2) is 24.5 Å². The van der Waals surface area contributed by atoms with Crippen molar-refractivity contribution in [3.63, 3.8) is 0 Å². The second-order valence-corrected chi connectivity index (χ2v) is 12.4. The van der Waals surface area contributed by atoms with Gasteiger partial charge in [0.2, 0.25) is 5.88 Å². The molecule has 216 valence electrons. The molecule has 11 nitrogen and oxygen atoms in total. The summed E-state index contributed by atoms with van der Waals surface area (Å²) in [6.45, 7) is 4.42. The fourth-order valence-corrected chi connectivity index (χ4v) is 5.45. The summed E-state index contributed by atoms with van der Waals surface area (Å²) in [5.74, 6) is 1.96. The lowest BCUT2D eigenvalue weighted by Gasteiger charge is -2.29. The summed E-state index contributed by atoms with van der Waals surface area (Å²) in [6, 6.07) is 3.78. The third-order valence-electron chi connectivity index (χ3n) is 7.97. The average Bonchev–Trinajstić information content (AvgIpc) is 3.82. The van der Waals surface area contributed by atoms with Crippen LogP contribution in [0.3, 0.4) is 0 Å². The fraction of sp³-hybridized carbons (Fsp3) is 0.621. The molecule has 1 atom stereocenters. The van der Waals surface area contributed by atoms with Gasteiger partial charge in [-0.2, -0.15) is 5.10 Å². The Kier molecular flexibility index (Phi) is 7.22. The number of aliphatic hydroxyl groups excluding tert-OH is 1. The van der Waals surface area contributed by atoms with Crippen molar-refractivity contribution in [3.05, 3.63) is 41.3 Å². The Morgan fingerprint density at radius 3 is 2.58 bits per heavy atom. The Hall–Kier alpha value is -3.15. The normalized spacial score (nSPS) is 22.3. The van der Waals surface area contributed by atoms with E-state index >= 15 is 0 Å². The van der Waals surface area contributed by atoms with E-state index in [2.05, 4.69) is 15.5 Å². The molecule has 3 aromatic rings. The average molecular weight is 553 g/mol.